The monoisotopic (exact) mass is 457 g/mol. The van der Waals surface area contributed by atoms with E-state index in [0.717, 1.165) is 16.9 Å². The maximum absolute atomic E-state index is 13.1. The van der Waals surface area contributed by atoms with Crippen LogP contribution in [0.4, 0.5) is 10.5 Å². The van der Waals surface area contributed by atoms with Crippen LogP contribution in [0.15, 0.2) is 78.9 Å². The molecule has 0 saturated carbocycles. The number of aryl methyl sites for hydroxylation is 1. The van der Waals surface area contributed by atoms with Crippen LogP contribution in [0.3, 0.4) is 0 Å². The molecule has 0 aromatic heterocycles. The van der Waals surface area contributed by atoms with Gasteiger partial charge in [-0.05, 0) is 67.3 Å². The predicted molar refractivity (Wildman–Crippen MR) is 130 cm³/mol. The summed E-state index contributed by atoms with van der Waals surface area (Å²) in [5.41, 5.74) is 2.07. The van der Waals surface area contributed by atoms with Gasteiger partial charge in [-0.2, -0.15) is 0 Å². The van der Waals surface area contributed by atoms with Gasteiger partial charge in [0.15, 0.2) is 0 Å². The lowest BCUT2D eigenvalue weighted by Gasteiger charge is -2.21. The molecular formula is C27H27N3O4. The molecule has 1 aliphatic rings. The molecule has 3 aromatic carbocycles. The maximum atomic E-state index is 13.1. The normalized spacial score (nSPS) is 17.4. The molecule has 0 radical (unpaired) electrons. The summed E-state index contributed by atoms with van der Waals surface area (Å²) in [7, 11) is 1.62. The van der Waals surface area contributed by atoms with Gasteiger partial charge in [0.1, 0.15) is 11.3 Å². The number of hydrogen-bond acceptors (Lipinski definition) is 4. The molecule has 1 saturated heterocycles. The van der Waals surface area contributed by atoms with E-state index in [1.54, 1.807) is 38.3 Å². The van der Waals surface area contributed by atoms with Crippen molar-refractivity contribution in [2.75, 3.05) is 12.4 Å². The summed E-state index contributed by atoms with van der Waals surface area (Å²) < 4.78 is 5.18. The topological polar surface area (TPSA) is 87.7 Å². The number of rotatable bonds is 8. The molecule has 0 aliphatic carbocycles. The van der Waals surface area contributed by atoms with E-state index in [2.05, 4.69) is 10.6 Å². The van der Waals surface area contributed by atoms with Gasteiger partial charge >= 0.3 is 6.03 Å². The Kier molecular flexibility index (Phi) is 6.63. The molecule has 0 bridgehead atoms. The second-order valence-electron chi connectivity index (χ2n) is 8.52. The highest BCUT2D eigenvalue weighted by Crippen LogP contribution is 2.25. The highest BCUT2D eigenvalue weighted by molar-refractivity contribution is 6.07. The third-order valence-electron chi connectivity index (χ3n) is 6.01. The first-order valence-corrected chi connectivity index (χ1v) is 11.1. The third kappa shape index (κ3) is 5.09. The fraction of sp³-hybridized carbons (Fsp3) is 0.222. The fourth-order valence-electron chi connectivity index (χ4n) is 3.92. The van der Waals surface area contributed by atoms with Crippen LogP contribution < -0.4 is 15.4 Å². The highest BCUT2D eigenvalue weighted by atomic mass is 16.5. The van der Waals surface area contributed by atoms with Gasteiger partial charge in [-0.1, -0.05) is 42.5 Å². The Hall–Kier alpha value is -4.13. The summed E-state index contributed by atoms with van der Waals surface area (Å²) in [4.78, 5) is 39.4. The summed E-state index contributed by atoms with van der Waals surface area (Å²) in [5, 5.41) is 5.68. The van der Waals surface area contributed by atoms with Crippen molar-refractivity contribution in [3.8, 4) is 5.75 Å². The zero-order chi connectivity index (χ0) is 24.1. The van der Waals surface area contributed by atoms with Crippen molar-refractivity contribution < 1.29 is 19.1 Å². The van der Waals surface area contributed by atoms with Crippen LogP contribution in [0.1, 0.15) is 34.8 Å². The molecule has 34 heavy (non-hydrogen) atoms. The first kappa shape index (κ1) is 23.0. The summed E-state index contributed by atoms with van der Waals surface area (Å²) in [6.45, 7) is 1.90. The van der Waals surface area contributed by atoms with Gasteiger partial charge < -0.3 is 15.4 Å². The number of nitrogens with zero attached hydrogens (tertiary/aromatic N) is 1. The molecule has 7 nitrogen and oxygen atoms in total. The standard InChI is InChI=1S/C27H27N3O4/c1-27(17-16-19-10-14-23(34-2)15-11-19)25(32)30(26(33)29-27)18-20-8-12-21(13-9-20)24(31)28-22-6-4-3-5-7-22/h3-15H,16-18H2,1-2H3,(H,28,31)(H,29,33)/t27-/m1/s1. The first-order chi connectivity index (χ1) is 16.4. The Morgan fingerprint density at radius 1 is 0.941 bits per heavy atom. The molecule has 0 unspecified atom stereocenters. The van der Waals surface area contributed by atoms with Gasteiger partial charge in [0.2, 0.25) is 0 Å². The molecule has 2 N–H and O–H groups in total. The Labute approximate surface area is 198 Å². The van der Waals surface area contributed by atoms with Crippen LogP contribution in [-0.2, 0) is 17.8 Å². The van der Waals surface area contributed by atoms with E-state index >= 15 is 0 Å². The minimum absolute atomic E-state index is 0.142. The lowest BCUT2D eigenvalue weighted by Crippen LogP contribution is -2.44. The van der Waals surface area contributed by atoms with Crippen molar-refractivity contribution in [2.45, 2.75) is 31.8 Å². The summed E-state index contributed by atoms with van der Waals surface area (Å²) in [5.74, 6) is 0.297. The molecule has 1 heterocycles. The molecule has 4 amide bonds. The lowest BCUT2D eigenvalue weighted by atomic mass is 9.93. The number of nitrogens with one attached hydrogen (secondary N) is 2. The van der Waals surface area contributed by atoms with Gasteiger partial charge in [0, 0.05) is 11.3 Å². The maximum Gasteiger partial charge on any atom is 0.325 e. The minimum Gasteiger partial charge on any atom is -0.497 e. The van der Waals surface area contributed by atoms with E-state index in [1.165, 1.54) is 4.90 Å². The Bertz CT molecular complexity index is 1180. The number of benzene rings is 3. The summed E-state index contributed by atoms with van der Waals surface area (Å²) >= 11 is 0. The smallest absolute Gasteiger partial charge is 0.325 e. The number of hydrogen-bond donors (Lipinski definition) is 2. The van der Waals surface area contributed by atoms with Crippen LogP contribution in [0, 0.1) is 0 Å². The zero-order valence-electron chi connectivity index (χ0n) is 19.2. The number of carbonyl (C=O) groups is 3. The third-order valence-corrected chi connectivity index (χ3v) is 6.01. The van der Waals surface area contributed by atoms with E-state index in [-0.39, 0.29) is 18.4 Å². The molecule has 1 aliphatic heterocycles. The van der Waals surface area contributed by atoms with Crippen LogP contribution in [0.2, 0.25) is 0 Å². The number of para-hydroxylation sites is 1. The average molecular weight is 458 g/mol. The molecular weight excluding hydrogens is 430 g/mol. The van der Waals surface area contributed by atoms with Crippen LogP contribution >= 0.6 is 0 Å². The van der Waals surface area contributed by atoms with Crippen molar-refractivity contribution >= 4 is 23.5 Å². The van der Waals surface area contributed by atoms with Gasteiger partial charge in [0.05, 0.1) is 13.7 Å². The van der Waals surface area contributed by atoms with Crippen molar-refractivity contribution in [1.82, 2.24) is 10.2 Å². The summed E-state index contributed by atoms with van der Waals surface area (Å²) in [6, 6.07) is 23.4. The molecule has 4 rings (SSSR count). The highest BCUT2D eigenvalue weighted by Gasteiger charge is 2.47. The number of ether oxygens (including phenoxy) is 1. The van der Waals surface area contributed by atoms with Crippen LogP contribution in [-0.4, -0.2) is 35.4 Å². The molecule has 3 aromatic rings. The SMILES string of the molecule is COc1ccc(CC[C@@]2(C)NC(=O)N(Cc3ccc(C(=O)Nc4ccccc4)cc3)C2=O)cc1. The second kappa shape index (κ2) is 9.79. The number of imide groups is 1. The van der Waals surface area contributed by atoms with E-state index in [4.69, 9.17) is 4.74 Å². The minimum atomic E-state index is -0.966. The average Bonchev–Trinajstić information content (AvgIpc) is 3.07. The van der Waals surface area contributed by atoms with E-state index < -0.39 is 11.6 Å². The predicted octanol–water partition coefficient (Wildman–Crippen LogP) is 4.39. The number of carbonyl (C=O) groups excluding carboxylic acids is 3. The number of urea groups is 1. The Morgan fingerprint density at radius 2 is 1.59 bits per heavy atom. The van der Waals surface area contributed by atoms with Crippen molar-refractivity contribution in [3.63, 3.8) is 0 Å². The van der Waals surface area contributed by atoms with Gasteiger partial charge in [0.25, 0.3) is 11.8 Å². The lowest BCUT2D eigenvalue weighted by molar-refractivity contribution is -0.131. The van der Waals surface area contributed by atoms with Gasteiger partial charge in [-0.15, -0.1) is 0 Å². The number of anilines is 1. The van der Waals surface area contributed by atoms with Gasteiger partial charge in [-0.3, -0.25) is 14.5 Å². The number of amides is 4. The number of methoxy groups -OCH3 is 1. The zero-order valence-corrected chi connectivity index (χ0v) is 19.2. The molecule has 174 valence electrons. The summed E-state index contributed by atoms with van der Waals surface area (Å²) in [6.07, 6.45) is 1.13. The second-order valence-corrected chi connectivity index (χ2v) is 8.52. The van der Waals surface area contributed by atoms with Gasteiger partial charge in [-0.25, -0.2) is 4.79 Å². The van der Waals surface area contributed by atoms with Crippen molar-refractivity contribution in [3.05, 3.63) is 95.6 Å². The van der Waals surface area contributed by atoms with Crippen molar-refractivity contribution in [2.24, 2.45) is 0 Å². The first-order valence-electron chi connectivity index (χ1n) is 11.1. The molecule has 7 heteroatoms. The van der Waals surface area contributed by atoms with Crippen molar-refractivity contribution in [1.29, 1.82) is 0 Å². The molecule has 1 fully saturated rings. The Balaban J connectivity index is 1.37. The Morgan fingerprint density at radius 3 is 2.24 bits per heavy atom. The van der Waals surface area contributed by atoms with Crippen LogP contribution in [0.25, 0.3) is 0 Å². The molecule has 0 spiro atoms. The van der Waals surface area contributed by atoms with Crippen LogP contribution in [0.5, 0.6) is 5.75 Å². The van der Waals surface area contributed by atoms with E-state index in [9.17, 15) is 14.4 Å². The fourth-order valence-corrected chi connectivity index (χ4v) is 3.92. The quantitative estimate of drug-likeness (QED) is 0.491. The molecule has 1 atom stereocenters. The van der Waals surface area contributed by atoms with E-state index in [0.29, 0.717) is 24.1 Å². The van der Waals surface area contributed by atoms with E-state index in [1.807, 2.05) is 54.6 Å². The largest absolute Gasteiger partial charge is 0.497 e.